The van der Waals surface area contributed by atoms with Gasteiger partial charge in [-0.25, -0.2) is 0 Å². The van der Waals surface area contributed by atoms with Crippen LogP contribution in [0, 0.1) is 20.8 Å². The molecule has 0 fully saturated rings. The molecule has 0 aromatic heterocycles. The van der Waals surface area contributed by atoms with E-state index in [2.05, 4.69) is 5.32 Å². The van der Waals surface area contributed by atoms with Crippen LogP contribution in [0.2, 0.25) is 0 Å². The highest BCUT2D eigenvalue weighted by molar-refractivity contribution is 5.80. The Morgan fingerprint density at radius 2 is 1.71 bits per heavy atom. The largest absolute Gasteiger partial charge is 0.493 e. The summed E-state index contributed by atoms with van der Waals surface area (Å²) in [6.45, 7) is 6.47. The van der Waals surface area contributed by atoms with Gasteiger partial charge in [-0.3, -0.25) is 9.59 Å². The van der Waals surface area contributed by atoms with Crippen LogP contribution in [0.5, 0.6) is 11.5 Å². The molecular weight excluding hydrogens is 358 g/mol. The number of hydrogen-bond donors (Lipinski definition) is 1. The molecule has 1 amide bonds. The van der Waals surface area contributed by atoms with Crippen LogP contribution < -0.4 is 14.8 Å². The molecule has 150 valence electrons. The Hall–Kier alpha value is -3.02. The topological polar surface area (TPSA) is 73.9 Å². The zero-order chi connectivity index (χ0) is 20.4. The van der Waals surface area contributed by atoms with Gasteiger partial charge >= 0.3 is 5.97 Å². The minimum Gasteiger partial charge on any atom is -0.493 e. The Kier molecular flexibility index (Phi) is 8.34. The van der Waals surface area contributed by atoms with Crippen LogP contribution in [-0.4, -0.2) is 38.2 Å². The van der Waals surface area contributed by atoms with E-state index in [0.29, 0.717) is 13.2 Å². The van der Waals surface area contributed by atoms with E-state index in [0.717, 1.165) is 28.2 Å². The second kappa shape index (κ2) is 11.0. The highest BCUT2D eigenvalue weighted by Crippen LogP contribution is 2.19. The summed E-state index contributed by atoms with van der Waals surface area (Å²) in [5.41, 5.74) is 3.20. The fourth-order valence-corrected chi connectivity index (χ4v) is 2.44. The Bertz CT molecular complexity index is 803. The van der Waals surface area contributed by atoms with E-state index in [1.807, 2.05) is 63.2 Å². The lowest BCUT2D eigenvalue weighted by Gasteiger charge is -2.10. The number of esters is 1. The molecular formula is C22H27NO5. The molecule has 2 aromatic rings. The van der Waals surface area contributed by atoms with E-state index >= 15 is 0 Å². The molecule has 0 saturated heterocycles. The monoisotopic (exact) mass is 385 g/mol. The number of hydrogen-bond acceptors (Lipinski definition) is 5. The molecule has 0 spiro atoms. The molecule has 0 radical (unpaired) electrons. The van der Waals surface area contributed by atoms with Crippen LogP contribution in [0.15, 0.2) is 42.5 Å². The first kappa shape index (κ1) is 21.3. The Labute approximate surface area is 165 Å². The molecule has 0 aliphatic heterocycles. The molecule has 2 rings (SSSR count). The van der Waals surface area contributed by atoms with Crippen LogP contribution >= 0.6 is 0 Å². The molecule has 0 atom stereocenters. The number of carbonyl (C=O) groups excluding carboxylic acids is 2. The van der Waals surface area contributed by atoms with Gasteiger partial charge < -0.3 is 19.5 Å². The highest BCUT2D eigenvalue weighted by atomic mass is 16.5. The lowest BCUT2D eigenvalue weighted by atomic mass is 10.1. The summed E-state index contributed by atoms with van der Waals surface area (Å²) in [5.74, 6) is 0.664. The maximum Gasteiger partial charge on any atom is 0.309 e. The van der Waals surface area contributed by atoms with Crippen molar-refractivity contribution in [2.24, 2.45) is 0 Å². The summed E-state index contributed by atoms with van der Waals surface area (Å²) in [6, 6.07) is 13.6. The smallest absolute Gasteiger partial charge is 0.309 e. The lowest BCUT2D eigenvalue weighted by molar-refractivity contribution is -0.149. The van der Waals surface area contributed by atoms with Gasteiger partial charge in [0.2, 0.25) is 0 Å². The van der Waals surface area contributed by atoms with Gasteiger partial charge in [-0.15, -0.1) is 0 Å². The van der Waals surface area contributed by atoms with E-state index in [-0.39, 0.29) is 25.5 Å². The molecule has 1 N–H and O–H groups in total. The predicted octanol–water partition coefficient (Wildman–Crippen LogP) is 3.12. The van der Waals surface area contributed by atoms with Crippen LogP contribution in [0.25, 0.3) is 0 Å². The first-order valence-corrected chi connectivity index (χ1v) is 9.26. The van der Waals surface area contributed by atoms with Gasteiger partial charge in [-0.2, -0.15) is 0 Å². The average molecular weight is 385 g/mol. The molecule has 6 heteroatoms. The molecule has 0 heterocycles. The van der Waals surface area contributed by atoms with Gasteiger partial charge in [0.1, 0.15) is 18.1 Å². The normalized spacial score (nSPS) is 10.2. The Balaban J connectivity index is 1.56. The number of nitrogens with one attached hydrogen (secondary N) is 1. The fourth-order valence-electron chi connectivity index (χ4n) is 2.44. The van der Waals surface area contributed by atoms with Crippen molar-refractivity contribution < 1.29 is 23.8 Å². The molecule has 28 heavy (non-hydrogen) atoms. The third-order valence-electron chi connectivity index (χ3n) is 3.95. The summed E-state index contributed by atoms with van der Waals surface area (Å²) < 4.78 is 16.1. The van der Waals surface area contributed by atoms with E-state index in [1.165, 1.54) is 0 Å². The number of ether oxygens (including phenoxy) is 3. The third-order valence-corrected chi connectivity index (χ3v) is 3.95. The highest BCUT2D eigenvalue weighted by Gasteiger charge is 2.08. The molecule has 0 aliphatic rings. The average Bonchev–Trinajstić information content (AvgIpc) is 2.66. The quantitative estimate of drug-likeness (QED) is 0.502. The van der Waals surface area contributed by atoms with Crippen molar-refractivity contribution in [2.45, 2.75) is 27.2 Å². The van der Waals surface area contributed by atoms with Crippen molar-refractivity contribution in [3.8, 4) is 11.5 Å². The summed E-state index contributed by atoms with van der Waals surface area (Å²) in [4.78, 5) is 23.4. The number of aryl methyl sites for hydroxylation is 3. The van der Waals surface area contributed by atoms with Gasteiger partial charge in [0, 0.05) is 0 Å². The van der Waals surface area contributed by atoms with Crippen molar-refractivity contribution in [3.05, 3.63) is 59.2 Å². The number of benzene rings is 2. The number of rotatable bonds is 10. The Morgan fingerprint density at radius 3 is 2.50 bits per heavy atom. The summed E-state index contributed by atoms with van der Waals surface area (Å²) in [5, 5.41) is 2.65. The molecule has 0 saturated carbocycles. The fraction of sp³-hybridized carbons (Fsp3) is 0.364. The van der Waals surface area contributed by atoms with Crippen LogP contribution in [0.4, 0.5) is 0 Å². The molecule has 6 nitrogen and oxygen atoms in total. The van der Waals surface area contributed by atoms with Gasteiger partial charge in [0.05, 0.1) is 19.6 Å². The van der Waals surface area contributed by atoms with Crippen molar-refractivity contribution in [3.63, 3.8) is 0 Å². The number of amides is 1. The molecule has 0 aliphatic carbocycles. The lowest BCUT2D eigenvalue weighted by Crippen LogP contribution is -2.32. The summed E-state index contributed by atoms with van der Waals surface area (Å²) in [6.07, 6.45) is 0.0805. The maximum absolute atomic E-state index is 11.7. The standard InChI is InChI=1S/C22H27NO5/c1-16-5-4-6-19(13-16)26-12-10-23-21(24)15-28-22(25)9-11-27-20-14-17(2)7-8-18(20)3/h4-8,13-14H,9-12,15H2,1-3H3,(H,23,24). The maximum atomic E-state index is 11.7. The van der Waals surface area contributed by atoms with E-state index in [9.17, 15) is 9.59 Å². The molecule has 2 aromatic carbocycles. The first-order chi connectivity index (χ1) is 13.4. The van der Waals surface area contributed by atoms with E-state index < -0.39 is 5.97 Å². The molecule has 0 bridgehead atoms. The van der Waals surface area contributed by atoms with Crippen molar-refractivity contribution in [1.29, 1.82) is 0 Å². The first-order valence-electron chi connectivity index (χ1n) is 9.26. The van der Waals surface area contributed by atoms with Gasteiger partial charge in [-0.1, -0.05) is 24.3 Å². The van der Waals surface area contributed by atoms with Crippen molar-refractivity contribution in [1.82, 2.24) is 5.32 Å². The van der Waals surface area contributed by atoms with E-state index in [1.54, 1.807) is 0 Å². The van der Waals surface area contributed by atoms with Gasteiger partial charge in [-0.05, 0) is 55.7 Å². The minimum absolute atomic E-state index is 0.0805. The van der Waals surface area contributed by atoms with Gasteiger partial charge in [0.25, 0.3) is 5.91 Å². The van der Waals surface area contributed by atoms with Crippen LogP contribution in [0.1, 0.15) is 23.1 Å². The summed E-state index contributed by atoms with van der Waals surface area (Å²) >= 11 is 0. The van der Waals surface area contributed by atoms with Crippen LogP contribution in [0.3, 0.4) is 0 Å². The summed E-state index contributed by atoms with van der Waals surface area (Å²) in [7, 11) is 0. The second-order valence-electron chi connectivity index (χ2n) is 6.54. The third kappa shape index (κ3) is 7.70. The predicted molar refractivity (Wildman–Crippen MR) is 107 cm³/mol. The molecule has 0 unspecified atom stereocenters. The van der Waals surface area contributed by atoms with Crippen molar-refractivity contribution in [2.75, 3.05) is 26.4 Å². The van der Waals surface area contributed by atoms with Crippen molar-refractivity contribution >= 4 is 11.9 Å². The zero-order valence-corrected chi connectivity index (χ0v) is 16.6. The second-order valence-corrected chi connectivity index (χ2v) is 6.54. The number of carbonyl (C=O) groups is 2. The SMILES string of the molecule is Cc1cccc(OCCNC(=O)COC(=O)CCOc2cc(C)ccc2C)c1. The zero-order valence-electron chi connectivity index (χ0n) is 16.6. The van der Waals surface area contributed by atoms with Gasteiger partial charge in [0.15, 0.2) is 6.61 Å². The van der Waals surface area contributed by atoms with E-state index in [4.69, 9.17) is 14.2 Å². The van der Waals surface area contributed by atoms with Crippen LogP contribution in [-0.2, 0) is 14.3 Å². The Morgan fingerprint density at radius 1 is 0.929 bits per heavy atom. The minimum atomic E-state index is -0.475.